The number of fused-ring (bicyclic) bond motifs is 3. The topological polar surface area (TPSA) is 141 Å². The predicted molar refractivity (Wildman–Crippen MR) is 141 cm³/mol. The van der Waals surface area contributed by atoms with E-state index in [0.29, 0.717) is 11.3 Å². The minimum atomic E-state index is -3.87. The van der Waals surface area contributed by atoms with E-state index in [2.05, 4.69) is 24.7 Å². The van der Waals surface area contributed by atoms with E-state index in [1.165, 1.54) is 12.5 Å². The highest BCUT2D eigenvalue weighted by Gasteiger charge is 2.20. The first-order chi connectivity index (χ1) is 17.9. The highest BCUT2D eigenvalue weighted by molar-refractivity contribution is 7.92. The van der Waals surface area contributed by atoms with Gasteiger partial charge < -0.3 is 15.1 Å². The number of H-pyrrole nitrogens is 2. The van der Waals surface area contributed by atoms with Crippen LogP contribution < -0.4 is 4.72 Å². The van der Waals surface area contributed by atoms with E-state index >= 15 is 0 Å². The van der Waals surface area contributed by atoms with E-state index in [4.69, 9.17) is 0 Å². The van der Waals surface area contributed by atoms with Gasteiger partial charge in [-0.15, -0.1) is 0 Å². The van der Waals surface area contributed by atoms with Gasteiger partial charge in [-0.2, -0.15) is 8.42 Å². The van der Waals surface area contributed by atoms with Crippen molar-refractivity contribution in [2.75, 3.05) is 4.72 Å². The number of carbonyl (C=O) groups is 1. The molecule has 0 bridgehead atoms. The Hall–Kier alpha value is -4.96. The Labute approximate surface area is 210 Å². The second kappa shape index (κ2) is 8.61. The zero-order valence-corrected chi connectivity index (χ0v) is 20.0. The van der Waals surface area contributed by atoms with Gasteiger partial charge in [0.05, 0.1) is 11.9 Å². The van der Waals surface area contributed by atoms with E-state index in [1.807, 2.05) is 30.3 Å². The Kier molecular flexibility index (Phi) is 5.24. The lowest BCUT2D eigenvalue weighted by atomic mass is 9.92. The van der Waals surface area contributed by atoms with Crippen molar-refractivity contribution in [3.63, 3.8) is 0 Å². The van der Waals surface area contributed by atoms with Crippen LogP contribution >= 0.6 is 0 Å². The predicted octanol–water partition coefficient (Wildman–Crippen LogP) is 5.27. The van der Waals surface area contributed by atoms with Crippen molar-refractivity contribution in [3.8, 4) is 22.3 Å². The van der Waals surface area contributed by atoms with E-state index in [1.54, 1.807) is 48.7 Å². The number of benzene rings is 3. The molecule has 3 aromatic carbocycles. The molecule has 0 spiro atoms. The number of nitrogens with zero attached hydrogens (tertiary/aromatic N) is 2. The van der Waals surface area contributed by atoms with Gasteiger partial charge in [0.2, 0.25) is 0 Å². The standard InChI is InChI=1S/C27H19N5O4S/c33-27(34)18-8-6-16(7-9-18)21-13-29-26-25(24(21)17-4-2-1-3-5-17)20-12-19(10-11-22(20)31-26)32-37(35,36)23-14-28-15-30-23/h1-15,32H,(H,28,30)(H,29,31)(H,33,34). The minimum Gasteiger partial charge on any atom is -0.478 e. The summed E-state index contributed by atoms with van der Waals surface area (Å²) in [4.78, 5) is 25.8. The normalized spacial score (nSPS) is 11.7. The summed E-state index contributed by atoms with van der Waals surface area (Å²) in [6.45, 7) is 0. The summed E-state index contributed by atoms with van der Waals surface area (Å²) in [5.74, 6) is -0.996. The average Bonchev–Trinajstić information content (AvgIpc) is 3.58. The van der Waals surface area contributed by atoms with Gasteiger partial charge in [0.25, 0.3) is 10.0 Å². The Balaban J connectivity index is 1.58. The SMILES string of the molecule is O=C(O)c1ccc(-c2cnc3[nH]c4ccc(NS(=O)(=O)c5c[nH]cn5)cc4c3c2-c2ccccc2)cc1. The van der Waals surface area contributed by atoms with E-state index in [9.17, 15) is 18.3 Å². The van der Waals surface area contributed by atoms with Crippen LogP contribution in [0.15, 0.2) is 96.5 Å². The summed E-state index contributed by atoms with van der Waals surface area (Å²) in [6.07, 6.45) is 4.38. The van der Waals surface area contributed by atoms with Crippen molar-refractivity contribution in [2.24, 2.45) is 0 Å². The number of imidazole rings is 1. The summed E-state index contributed by atoms with van der Waals surface area (Å²) in [5, 5.41) is 10.8. The number of aromatic nitrogens is 4. The van der Waals surface area contributed by atoms with Crippen LogP contribution in [0.4, 0.5) is 5.69 Å². The van der Waals surface area contributed by atoms with Gasteiger partial charge in [-0.25, -0.2) is 14.8 Å². The summed E-state index contributed by atoms with van der Waals surface area (Å²) in [7, 11) is -3.87. The van der Waals surface area contributed by atoms with Gasteiger partial charge in [-0.1, -0.05) is 42.5 Å². The maximum absolute atomic E-state index is 12.7. The molecule has 37 heavy (non-hydrogen) atoms. The van der Waals surface area contributed by atoms with Crippen LogP contribution in [-0.2, 0) is 10.0 Å². The van der Waals surface area contributed by atoms with Gasteiger partial charge in [0.15, 0.2) is 5.03 Å². The van der Waals surface area contributed by atoms with Crippen LogP contribution in [0.1, 0.15) is 10.4 Å². The first-order valence-electron chi connectivity index (χ1n) is 11.3. The molecule has 6 rings (SSSR count). The molecule has 0 aliphatic rings. The van der Waals surface area contributed by atoms with Crippen LogP contribution in [0.3, 0.4) is 0 Å². The second-order valence-corrected chi connectivity index (χ2v) is 10.0. The lowest BCUT2D eigenvalue weighted by Crippen LogP contribution is -2.13. The smallest absolute Gasteiger partial charge is 0.335 e. The molecular formula is C27H19N5O4S. The van der Waals surface area contributed by atoms with Crippen LogP contribution in [0, 0.1) is 0 Å². The van der Waals surface area contributed by atoms with Crippen molar-refractivity contribution in [3.05, 3.63) is 97.1 Å². The Morgan fingerprint density at radius 2 is 1.70 bits per heavy atom. The Morgan fingerprint density at radius 3 is 2.41 bits per heavy atom. The fourth-order valence-electron chi connectivity index (χ4n) is 4.44. The van der Waals surface area contributed by atoms with Crippen molar-refractivity contribution < 1.29 is 18.3 Å². The third kappa shape index (κ3) is 3.99. The number of carboxylic acids is 1. The minimum absolute atomic E-state index is 0.106. The maximum atomic E-state index is 12.7. The molecule has 0 atom stereocenters. The third-order valence-electron chi connectivity index (χ3n) is 6.13. The summed E-state index contributed by atoms with van der Waals surface area (Å²) >= 11 is 0. The van der Waals surface area contributed by atoms with Crippen LogP contribution in [0.2, 0.25) is 0 Å². The highest BCUT2D eigenvalue weighted by Crippen LogP contribution is 2.41. The molecule has 9 nitrogen and oxygen atoms in total. The molecule has 6 aromatic rings. The Morgan fingerprint density at radius 1 is 0.919 bits per heavy atom. The number of carboxylic acid groups (broad SMARTS) is 1. The molecule has 0 saturated carbocycles. The number of hydrogen-bond acceptors (Lipinski definition) is 5. The van der Waals surface area contributed by atoms with Crippen molar-refractivity contribution >= 4 is 43.6 Å². The second-order valence-electron chi connectivity index (χ2n) is 8.42. The first-order valence-corrected chi connectivity index (χ1v) is 12.7. The highest BCUT2D eigenvalue weighted by atomic mass is 32.2. The summed E-state index contributed by atoms with van der Waals surface area (Å²) in [6, 6.07) is 21.7. The molecule has 0 aliphatic carbocycles. The number of sulfonamides is 1. The molecule has 0 saturated heterocycles. The van der Waals surface area contributed by atoms with E-state index < -0.39 is 16.0 Å². The first kappa shape index (κ1) is 22.5. The zero-order valence-electron chi connectivity index (χ0n) is 19.1. The number of hydrogen-bond donors (Lipinski definition) is 4. The lowest BCUT2D eigenvalue weighted by Gasteiger charge is -2.13. The quantitative estimate of drug-likeness (QED) is 0.241. The van der Waals surface area contributed by atoms with Crippen molar-refractivity contribution in [1.29, 1.82) is 0 Å². The molecule has 0 aliphatic heterocycles. The van der Waals surface area contributed by atoms with Crippen LogP contribution in [-0.4, -0.2) is 39.4 Å². The van der Waals surface area contributed by atoms with Gasteiger partial charge >= 0.3 is 5.97 Å². The maximum Gasteiger partial charge on any atom is 0.335 e. The van der Waals surface area contributed by atoms with Gasteiger partial charge in [0.1, 0.15) is 5.65 Å². The molecule has 182 valence electrons. The van der Waals surface area contributed by atoms with Crippen molar-refractivity contribution in [1.82, 2.24) is 19.9 Å². The van der Waals surface area contributed by atoms with Crippen LogP contribution in [0.25, 0.3) is 44.2 Å². The van der Waals surface area contributed by atoms with E-state index in [0.717, 1.165) is 38.5 Å². The summed E-state index contributed by atoms with van der Waals surface area (Å²) < 4.78 is 28.1. The fourth-order valence-corrected chi connectivity index (χ4v) is 5.39. The summed E-state index contributed by atoms with van der Waals surface area (Å²) in [5.41, 5.74) is 5.48. The monoisotopic (exact) mass is 509 g/mol. The van der Waals surface area contributed by atoms with Crippen LogP contribution in [0.5, 0.6) is 0 Å². The molecule has 3 aromatic heterocycles. The molecule has 0 unspecified atom stereocenters. The Bertz CT molecular complexity index is 1880. The number of nitrogens with one attached hydrogen (secondary N) is 3. The van der Waals surface area contributed by atoms with Gasteiger partial charge in [0, 0.05) is 45.5 Å². The number of pyridine rings is 1. The van der Waals surface area contributed by atoms with Gasteiger partial charge in [-0.3, -0.25) is 4.72 Å². The zero-order chi connectivity index (χ0) is 25.6. The van der Waals surface area contributed by atoms with E-state index in [-0.39, 0.29) is 10.6 Å². The average molecular weight is 510 g/mol. The number of rotatable bonds is 6. The largest absolute Gasteiger partial charge is 0.478 e. The molecular weight excluding hydrogens is 490 g/mol. The number of anilines is 1. The molecule has 10 heteroatoms. The van der Waals surface area contributed by atoms with Crippen molar-refractivity contribution in [2.45, 2.75) is 5.03 Å². The van der Waals surface area contributed by atoms with Gasteiger partial charge in [-0.05, 0) is 41.5 Å². The molecule has 0 amide bonds. The molecule has 4 N–H and O–H groups in total. The molecule has 3 heterocycles. The number of aromatic amines is 2. The fraction of sp³-hybridized carbons (Fsp3) is 0. The molecule has 0 fully saturated rings. The third-order valence-corrected chi connectivity index (χ3v) is 7.41. The number of aromatic carboxylic acids is 1. The molecule has 0 radical (unpaired) electrons. The lowest BCUT2D eigenvalue weighted by molar-refractivity contribution is 0.0697.